The number of nitrogens with zero attached hydrogens (tertiary/aromatic N) is 1. The third kappa shape index (κ3) is 4.82. The average molecular weight is 270 g/mol. The van der Waals surface area contributed by atoms with Gasteiger partial charge in [-0.3, -0.25) is 9.59 Å². The van der Waals surface area contributed by atoms with Gasteiger partial charge in [0.05, 0.1) is 19.2 Å². The summed E-state index contributed by atoms with van der Waals surface area (Å²) < 4.78 is 0. The van der Waals surface area contributed by atoms with E-state index in [1.165, 1.54) is 0 Å². The molecule has 1 rings (SSSR count). The molecule has 0 aromatic heterocycles. The van der Waals surface area contributed by atoms with Crippen LogP contribution >= 0.6 is 0 Å². The first kappa shape index (κ1) is 16.0. The summed E-state index contributed by atoms with van der Waals surface area (Å²) in [7, 11) is 0. The molecule has 2 N–H and O–H groups in total. The number of amides is 2. The number of rotatable bonds is 3. The second-order valence-corrected chi connectivity index (χ2v) is 6.21. The normalized spacial score (nSPS) is 20.8. The molecule has 0 spiro atoms. The fourth-order valence-corrected chi connectivity index (χ4v) is 2.22. The van der Waals surface area contributed by atoms with Gasteiger partial charge >= 0.3 is 0 Å². The molecule has 110 valence electrons. The number of likely N-dealkylation sites (tertiary alicyclic amines) is 1. The van der Waals surface area contributed by atoms with Crippen molar-refractivity contribution >= 4 is 11.8 Å². The Bertz CT molecular complexity index is 323. The summed E-state index contributed by atoms with van der Waals surface area (Å²) in [6.45, 7) is 6.14. The van der Waals surface area contributed by atoms with Crippen LogP contribution in [-0.2, 0) is 9.59 Å². The van der Waals surface area contributed by atoms with Gasteiger partial charge in [0.25, 0.3) is 0 Å². The lowest BCUT2D eigenvalue weighted by molar-refractivity contribution is -0.137. The molecular weight excluding hydrogens is 244 g/mol. The van der Waals surface area contributed by atoms with E-state index in [4.69, 9.17) is 0 Å². The van der Waals surface area contributed by atoms with E-state index in [-0.39, 0.29) is 31.0 Å². The number of nitrogens with one attached hydrogen (secondary N) is 1. The number of aliphatic hydroxyl groups is 1. The number of carbonyl (C=O) groups excluding carboxylic acids is 2. The van der Waals surface area contributed by atoms with Crippen molar-refractivity contribution in [3.63, 3.8) is 0 Å². The molecule has 1 unspecified atom stereocenters. The first-order valence-electron chi connectivity index (χ1n) is 7.05. The summed E-state index contributed by atoms with van der Waals surface area (Å²) >= 11 is 0. The second kappa shape index (κ2) is 6.89. The van der Waals surface area contributed by atoms with Gasteiger partial charge in [0.1, 0.15) is 0 Å². The zero-order chi connectivity index (χ0) is 14.5. The van der Waals surface area contributed by atoms with Gasteiger partial charge in [-0.2, -0.15) is 0 Å². The second-order valence-electron chi connectivity index (χ2n) is 6.21. The quantitative estimate of drug-likeness (QED) is 0.801. The van der Waals surface area contributed by atoms with Gasteiger partial charge in [0.15, 0.2) is 0 Å². The average Bonchev–Trinajstić information content (AvgIpc) is 2.59. The molecular formula is C14H26N2O3. The van der Waals surface area contributed by atoms with Crippen molar-refractivity contribution in [1.82, 2.24) is 10.2 Å². The Labute approximate surface area is 115 Å². The first-order chi connectivity index (χ1) is 8.86. The molecule has 1 saturated heterocycles. The Morgan fingerprint density at radius 1 is 1.26 bits per heavy atom. The SMILES string of the molecule is CC(C)(C)C(=O)NCC(=O)N1CCCCCC1CO. The van der Waals surface area contributed by atoms with E-state index < -0.39 is 5.41 Å². The summed E-state index contributed by atoms with van der Waals surface area (Å²) in [5.41, 5.74) is -0.491. The molecule has 2 amide bonds. The first-order valence-corrected chi connectivity index (χ1v) is 7.05. The maximum Gasteiger partial charge on any atom is 0.242 e. The number of carbonyl (C=O) groups is 2. The molecule has 0 aromatic carbocycles. The topological polar surface area (TPSA) is 69.6 Å². The summed E-state index contributed by atoms with van der Waals surface area (Å²) in [5, 5.41) is 12.0. The highest BCUT2D eigenvalue weighted by Gasteiger charge is 2.26. The van der Waals surface area contributed by atoms with Crippen molar-refractivity contribution in [2.45, 2.75) is 52.5 Å². The van der Waals surface area contributed by atoms with Gasteiger partial charge in [0.2, 0.25) is 11.8 Å². The zero-order valence-electron chi connectivity index (χ0n) is 12.2. The molecule has 0 bridgehead atoms. The minimum atomic E-state index is -0.491. The molecule has 19 heavy (non-hydrogen) atoms. The zero-order valence-corrected chi connectivity index (χ0v) is 12.2. The summed E-state index contributed by atoms with van der Waals surface area (Å²) in [5.74, 6) is -0.227. The molecule has 5 nitrogen and oxygen atoms in total. The van der Waals surface area contributed by atoms with Crippen LogP contribution in [0.15, 0.2) is 0 Å². The number of hydrogen-bond acceptors (Lipinski definition) is 3. The highest BCUT2D eigenvalue weighted by Crippen LogP contribution is 2.17. The molecule has 0 radical (unpaired) electrons. The third-order valence-corrected chi connectivity index (χ3v) is 3.49. The molecule has 0 aromatic rings. The maximum atomic E-state index is 12.2. The van der Waals surface area contributed by atoms with Crippen LogP contribution in [0.5, 0.6) is 0 Å². The maximum absolute atomic E-state index is 12.2. The van der Waals surface area contributed by atoms with Crippen LogP contribution in [0.25, 0.3) is 0 Å². The lowest BCUT2D eigenvalue weighted by Crippen LogP contribution is -2.48. The molecule has 1 aliphatic rings. The Hall–Kier alpha value is -1.10. The van der Waals surface area contributed by atoms with Crippen LogP contribution in [0.4, 0.5) is 0 Å². The predicted molar refractivity (Wildman–Crippen MR) is 73.5 cm³/mol. The van der Waals surface area contributed by atoms with E-state index in [2.05, 4.69) is 5.32 Å². The van der Waals surface area contributed by atoms with Gasteiger partial charge in [0, 0.05) is 12.0 Å². The number of aliphatic hydroxyl groups excluding tert-OH is 1. The van der Waals surface area contributed by atoms with Gasteiger partial charge in [-0.15, -0.1) is 0 Å². The van der Waals surface area contributed by atoms with Crippen molar-refractivity contribution in [1.29, 1.82) is 0 Å². The Balaban J connectivity index is 2.53. The van der Waals surface area contributed by atoms with Crippen molar-refractivity contribution in [3.05, 3.63) is 0 Å². The van der Waals surface area contributed by atoms with Gasteiger partial charge in [-0.05, 0) is 12.8 Å². The van der Waals surface area contributed by atoms with Gasteiger partial charge < -0.3 is 15.3 Å². The lowest BCUT2D eigenvalue weighted by Gasteiger charge is -2.29. The van der Waals surface area contributed by atoms with Crippen molar-refractivity contribution in [2.75, 3.05) is 19.7 Å². The minimum Gasteiger partial charge on any atom is -0.394 e. The largest absolute Gasteiger partial charge is 0.394 e. The standard InChI is InChI=1S/C14H26N2O3/c1-14(2,3)13(19)15-9-12(18)16-8-6-4-5-7-11(16)10-17/h11,17H,4-10H2,1-3H3,(H,15,19). The van der Waals surface area contributed by atoms with E-state index in [0.29, 0.717) is 6.54 Å². The Morgan fingerprint density at radius 3 is 2.53 bits per heavy atom. The molecule has 1 aliphatic heterocycles. The summed E-state index contributed by atoms with van der Waals surface area (Å²) in [4.78, 5) is 25.6. The van der Waals surface area contributed by atoms with Crippen molar-refractivity contribution < 1.29 is 14.7 Å². The number of hydrogen-bond donors (Lipinski definition) is 2. The smallest absolute Gasteiger partial charge is 0.242 e. The highest BCUT2D eigenvalue weighted by atomic mass is 16.3. The third-order valence-electron chi connectivity index (χ3n) is 3.49. The van der Waals surface area contributed by atoms with Crippen LogP contribution in [0, 0.1) is 5.41 Å². The monoisotopic (exact) mass is 270 g/mol. The van der Waals surface area contributed by atoms with Crippen LogP contribution in [0.2, 0.25) is 0 Å². The minimum absolute atomic E-state index is 0.00103. The van der Waals surface area contributed by atoms with Gasteiger partial charge in [-0.1, -0.05) is 33.6 Å². The molecule has 1 fully saturated rings. The van der Waals surface area contributed by atoms with E-state index >= 15 is 0 Å². The Kier molecular flexibility index (Phi) is 5.79. The van der Waals surface area contributed by atoms with Crippen LogP contribution in [-0.4, -0.2) is 47.6 Å². The molecule has 1 heterocycles. The summed E-state index contributed by atoms with van der Waals surface area (Å²) in [6, 6.07) is -0.0958. The highest BCUT2D eigenvalue weighted by molar-refractivity contribution is 5.87. The fraction of sp³-hybridized carbons (Fsp3) is 0.857. The predicted octanol–water partition coefficient (Wildman–Crippen LogP) is 0.912. The fourth-order valence-electron chi connectivity index (χ4n) is 2.22. The van der Waals surface area contributed by atoms with Crippen molar-refractivity contribution in [2.24, 2.45) is 5.41 Å². The van der Waals surface area contributed by atoms with E-state index in [1.807, 2.05) is 20.8 Å². The molecule has 0 aliphatic carbocycles. The Morgan fingerprint density at radius 2 is 1.95 bits per heavy atom. The van der Waals surface area contributed by atoms with Crippen LogP contribution < -0.4 is 5.32 Å². The molecule has 0 saturated carbocycles. The van der Waals surface area contributed by atoms with Gasteiger partial charge in [-0.25, -0.2) is 0 Å². The van der Waals surface area contributed by atoms with E-state index in [9.17, 15) is 14.7 Å². The lowest BCUT2D eigenvalue weighted by atomic mass is 9.96. The van der Waals surface area contributed by atoms with Crippen LogP contribution in [0.3, 0.4) is 0 Å². The summed E-state index contributed by atoms with van der Waals surface area (Å²) in [6.07, 6.45) is 3.95. The molecule has 5 heteroatoms. The van der Waals surface area contributed by atoms with Crippen LogP contribution in [0.1, 0.15) is 46.5 Å². The van der Waals surface area contributed by atoms with Crippen molar-refractivity contribution in [3.8, 4) is 0 Å². The van der Waals surface area contributed by atoms with E-state index in [1.54, 1.807) is 4.90 Å². The molecule has 1 atom stereocenters. The van der Waals surface area contributed by atoms with E-state index in [0.717, 1.165) is 25.7 Å².